The van der Waals surface area contributed by atoms with Gasteiger partial charge in [-0.05, 0) is 19.3 Å². The quantitative estimate of drug-likeness (QED) is 0.650. The Morgan fingerprint density at radius 3 is 2.67 bits per heavy atom. The summed E-state index contributed by atoms with van der Waals surface area (Å²) in [4.78, 5) is 10.8. The number of carbonyl (C=O) groups excluding carboxylic acids is 1. The summed E-state index contributed by atoms with van der Waals surface area (Å²) in [6.45, 7) is 1.91. The van der Waals surface area contributed by atoms with Crippen LogP contribution in [0.5, 0.6) is 0 Å². The minimum Gasteiger partial charge on any atom is -0.442 e. The van der Waals surface area contributed by atoms with E-state index in [1.807, 2.05) is 6.92 Å². The molecule has 0 radical (unpaired) electrons. The van der Waals surface area contributed by atoms with E-state index in [-0.39, 0.29) is 5.60 Å². The molecule has 1 atom stereocenters. The molecule has 0 saturated heterocycles. The summed E-state index contributed by atoms with van der Waals surface area (Å²) in [6, 6.07) is 0. The van der Waals surface area contributed by atoms with Gasteiger partial charge < -0.3 is 4.74 Å². The SMILES string of the molecule is CCC1(OC(=O)NS(=O)O)CC1. The molecule has 0 aromatic carbocycles. The molecule has 2 N–H and O–H groups in total. The van der Waals surface area contributed by atoms with Crippen LogP contribution in [-0.2, 0) is 16.0 Å². The molecule has 12 heavy (non-hydrogen) atoms. The molecule has 0 aliphatic heterocycles. The molecule has 0 aromatic rings. The first kappa shape index (κ1) is 9.47. The molecule has 0 aromatic heterocycles. The summed E-state index contributed by atoms with van der Waals surface area (Å²) in [7, 11) is 0. The van der Waals surface area contributed by atoms with Crippen molar-refractivity contribution in [2.75, 3.05) is 0 Å². The Kier molecular flexibility index (Phi) is 2.69. The van der Waals surface area contributed by atoms with Gasteiger partial charge in [-0.2, -0.15) is 0 Å². The van der Waals surface area contributed by atoms with Crippen molar-refractivity contribution in [1.29, 1.82) is 0 Å². The third kappa shape index (κ3) is 2.46. The Morgan fingerprint density at radius 2 is 2.33 bits per heavy atom. The van der Waals surface area contributed by atoms with Crippen LogP contribution in [0.4, 0.5) is 4.79 Å². The molecule has 1 aliphatic rings. The van der Waals surface area contributed by atoms with Crippen LogP contribution in [0.2, 0.25) is 0 Å². The normalized spacial score (nSPS) is 21.2. The first-order chi connectivity index (χ1) is 5.58. The van der Waals surface area contributed by atoms with Crippen LogP contribution in [0.25, 0.3) is 0 Å². The second kappa shape index (κ2) is 3.40. The average Bonchev–Trinajstić information content (AvgIpc) is 2.67. The van der Waals surface area contributed by atoms with Crippen molar-refractivity contribution in [3.63, 3.8) is 0 Å². The Bertz CT molecular complexity index is 214. The lowest BCUT2D eigenvalue weighted by Crippen LogP contribution is -2.30. The van der Waals surface area contributed by atoms with Crippen LogP contribution < -0.4 is 4.72 Å². The van der Waals surface area contributed by atoms with E-state index < -0.39 is 17.4 Å². The zero-order chi connectivity index (χ0) is 9.19. The Labute approximate surface area is 72.9 Å². The predicted octanol–water partition coefficient (Wildman–Crippen LogP) is 0.792. The van der Waals surface area contributed by atoms with E-state index in [2.05, 4.69) is 0 Å². The monoisotopic (exact) mass is 193 g/mol. The summed E-state index contributed by atoms with van der Waals surface area (Å²) < 4.78 is 25.0. The lowest BCUT2D eigenvalue weighted by Gasteiger charge is -2.12. The van der Waals surface area contributed by atoms with Crippen molar-refractivity contribution in [2.24, 2.45) is 0 Å². The van der Waals surface area contributed by atoms with E-state index in [9.17, 15) is 9.00 Å². The van der Waals surface area contributed by atoms with Gasteiger partial charge in [0.25, 0.3) is 11.3 Å². The molecular formula is C6H11NO4S. The molecule has 1 amide bonds. The highest BCUT2D eigenvalue weighted by Gasteiger charge is 2.45. The second-order valence-corrected chi connectivity index (χ2v) is 3.48. The zero-order valence-corrected chi connectivity index (χ0v) is 7.52. The van der Waals surface area contributed by atoms with Crippen LogP contribution in [-0.4, -0.2) is 20.5 Å². The van der Waals surface area contributed by atoms with E-state index in [1.165, 1.54) is 0 Å². The molecule has 70 valence electrons. The molecule has 1 saturated carbocycles. The van der Waals surface area contributed by atoms with Gasteiger partial charge in [-0.15, -0.1) is 0 Å². The Hall–Kier alpha value is -0.620. The fourth-order valence-corrected chi connectivity index (χ4v) is 1.14. The first-order valence-corrected chi connectivity index (χ1v) is 4.79. The molecule has 1 aliphatic carbocycles. The molecule has 1 fully saturated rings. The van der Waals surface area contributed by atoms with Crippen LogP contribution in [0, 0.1) is 0 Å². The molecule has 6 heteroatoms. The van der Waals surface area contributed by atoms with Gasteiger partial charge >= 0.3 is 6.09 Å². The number of rotatable bonds is 3. The van der Waals surface area contributed by atoms with Crippen molar-refractivity contribution in [1.82, 2.24) is 4.72 Å². The summed E-state index contributed by atoms with van der Waals surface area (Å²) in [6.07, 6.45) is 1.61. The van der Waals surface area contributed by atoms with Crippen molar-refractivity contribution >= 4 is 17.4 Å². The molecule has 0 heterocycles. The summed E-state index contributed by atoms with van der Waals surface area (Å²) in [5.41, 5.74) is -0.358. The number of nitrogens with one attached hydrogen (secondary N) is 1. The summed E-state index contributed by atoms with van der Waals surface area (Å²) >= 11 is -2.33. The van der Waals surface area contributed by atoms with E-state index in [4.69, 9.17) is 9.29 Å². The van der Waals surface area contributed by atoms with Crippen LogP contribution in [0.15, 0.2) is 0 Å². The maximum absolute atomic E-state index is 10.8. The maximum atomic E-state index is 10.8. The van der Waals surface area contributed by atoms with Gasteiger partial charge in [0.2, 0.25) is 0 Å². The van der Waals surface area contributed by atoms with Crippen LogP contribution in [0.1, 0.15) is 26.2 Å². The van der Waals surface area contributed by atoms with Gasteiger partial charge in [0.1, 0.15) is 5.60 Å². The fourth-order valence-electron chi connectivity index (χ4n) is 0.956. The van der Waals surface area contributed by atoms with Crippen molar-refractivity contribution in [3.8, 4) is 0 Å². The van der Waals surface area contributed by atoms with Crippen LogP contribution >= 0.6 is 0 Å². The highest BCUT2D eigenvalue weighted by Crippen LogP contribution is 2.42. The van der Waals surface area contributed by atoms with E-state index in [0.29, 0.717) is 0 Å². The standard InChI is InChI=1S/C6H11NO4S/c1-2-6(3-4-6)11-5(8)7-12(9)10/h2-4H2,1H3,(H,7,8)(H,9,10). The number of hydrogen-bond acceptors (Lipinski definition) is 3. The number of hydrogen-bond donors (Lipinski definition) is 2. The highest BCUT2D eigenvalue weighted by molar-refractivity contribution is 7.77. The van der Waals surface area contributed by atoms with Gasteiger partial charge in [0.15, 0.2) is 0 Å². The van der Waals surface area contributed by atoms with Crippen LogP contribution in [0.3, 0.4) is 0 Å². The zero-order valence-electron chi connectivity index (χ0n) is 6.70. The number of ether oxygens (including phenoxy) is 1. The molecule has 1 rings (SSSR count). The minimum atomic E-state index is -2.33. The molecule has 1 unspecified atom stereocenters. The topological polar surface area (TPSA) is 75.6 Å². The summed E-state index contributed by atoms with van der Waals surface area (Å²) in [5.74, 6) is 0. The van der Waals surface area contributed by atoms with E-state index in [0.717, 1.165) is 19.3 Å². The van der Waals surface area contributed by atoms with Crippen molar-refractivity contribution in [2.45, 2.75) is 31.8 Å². The minimum absolute atomic E-state index is 0.358. The fraction of sp³-hybridized carbons (Fsp3) is 0.833. The van der Waals surface area contributed by atoms with E-state index in [1.54, 1.807) is 4.72 Å². The molecule has 5 nitrogen and oxygen atoms in total. The van der Waals surface area contributed by atoms with Crippen molar-refractivity contribution in [3.05, 3.63) is 0 Å². The average molecular weight is 193 g/mol. The third-order valence-corrected chi connectivity index (χ3v) is 2.27. The van der Waals surface area contributed by atoms with E-state index >= 15 is 0 Å². The highest BCUT2D eigenvalue weighted by atomic mass is 32.2. The van der Waals surface area contributed by atoms with Gasteiger partial charge in [-0.25, -0.2) is 13.7 Å². The lowest BCUT2D eigenvalue weighted by atomic mass is 10.3. The van der Waals surface area contributed by atoms with Crippen molar-refractivity contribution < 1.29 is 18.3 Å². The predicted molar refractivity (Wildman–Crippen MR) is 42.6 cm³/mol. The lowest BCUT2D eigenvalue weighted by molar-refractivity contribution is 0.0850. The second-order valence-electron chi connectivity index (χ2n) is 2.78. The summed E-state index contributed by atoms with van der Waals surface area (Å²) in [5, 5.41) is 0. The number of amides is 1. The molecular weight excluding hydrogens is 182 g/mol. The van der Waals surface area contributed by atoms with Gasteiger partial charge in [0.05, 0.1) is 0 Å². The van der Waals surface area contributed by atoms with Gasteiger partial charge in [0, 0.05) is 0 Å². The molecule has 0 spiro atoms. The van der Waals surface area contributed by atoms with Gasteiger partial charge in [-0.1, -0.05) is 6.92 Å². The smallest absolute Gasteiger partial charge is 0.421 e. The Balaban J connectivity index is 2.31. The largest absolute Gasteiger partial charge is 0.442 e. The van der Waals surface area contributed by atoms with Gasteiger partial charge in [-0.3, -0.25) is 4.55 Å². The number of carbonyl (C=O) groups is 1. The third-order valence-electron chi connectivity index (χ3n) is 1.93. The molecule has 0 bridgehead atoms. The maximum Gasteiger partial charge on any atom is 0.421 e. The Morgan fingerprint density at radius 1 is 1.75 bits per heavy atom. The first-order valence-electron chi connectivity index (χ1n) is 3.68.